The molecular formula is C15H20N2O5S. The zero-order chi connectivity index (χ0) is 17.2. The fraction of sp³-hybridized carbons (Fsp3) is 0.400. The lowest BCUT2D eigenvalue weighted by Gasteiger charge is -2.18. The number of carbonyl (C=O) groups excluding carboxylic acids is 3. The number of hydrogen-bond acceptors (Lipinski definition) is 6. The van der Waals surface area contributed by atoms with Crippen molar-refractivity contribution in [2.75, 3.05) is 12.9 Å². The Hall–Kier alpha value is -2.22. The first-order valence-corrected chi connectivity index (χ1v) is 7.57. The summed E-state index contributed by atoms with van der Waals surface area (Å²) in [6.07, 6.45) is -0.742. The van der Waals surface area contributed by atoms with Crippen molar-refractivity contribution in [1.29, 1.82) is 0 Å². The maximum Gasteiger partial charge on any atom is 0.408 e. The molecule has 8 heteroatoms. The average Bonchev–Trinajstić information content (AvgIpc) is 2.57. The molecule has 1 aromatic rings. The van der Waals surface area contributed by atoms with Crippen LogP contribution < -0.4 is 10.6 Å². The van der Waals surface area contributed by atoms with E-state index in [2.05, 4.69) is 28.0 Å². The Morgan fingerprint density at radius 2 is 1.83 bits per heavy atom. The van der Waals surface area contributed by atoms with Crippen molar-refractivity contribution in [2.24, 2.45) is 0 Å². The Morgan fingerprint density at radius 1 is 1.17 bits per heavy atom. The van der Waals surface area contributed by atoms with Gasteiger partial charge in [0.2, 0.25) is 5.91 Å². The topological polar surface area (TPSA) is 93.7 Å². The summed E-state index contributed by atoms with van der Waals surface area (Å²) in [6.45, 7) is 1.57. The second kappa shape index (κ2) is 9.73. The highest BCUT2D eigenvalue weighted by Crippen LogP contribution is 2.01. The third kappa shape index (κ3) is 6.60. The second-order valence-corrected chi connectivity index (χ2v) is 5.06. The van der Waals surface area contributed by atoms with Crippen molar-refractivity contribution in [3.8, 4) is 0 Å². The van der Waals surface area contributed by atoms with Gasteiger partial charge in [0, 0.05) is 5.75 Å². The lowest BCUT2D eigenvalue weighted by Crippen LogP contribution is -2.51. The van der Waals surface area contributed by atoms with Gasteiger partial charge in [0.1, 0.15) is 18.7 Å². The van der Waals surface area contributed by atoms with Gasteiger partial charge in [-0.1, -0.05) is 30.3 Å². The molecule has 0 aliphatic rings. The number of thiol groups is 1. The van der Waals surface area contributed by atoms with E-state index < -0.39 is 30.1 Å². The molecule has 0 heterocycles. The van der Waals surface area contributed by atoms with Crippen LogP contribution in [0.15, 0.2) is 30.3 Å². The van der Waals surface area contributed by atoms with Gasteiger partial charge in [-0.25, -0.2) is 9.59 Å². The fourth-order valence-corrected chi connectivity index (χ4v) is 1.91. The van der Waals surface area contributed by atoms with E-state index in [1.54, 1.807) is 0 Å². The number of alkyl carbamates (subject to hydrolysis) is 1. The zero-order valence-corrected chi connectivity index (χ0v) is 13.8. The molecule has 23 heavy (non-hydrogen) atoms. The Bertz CT molecular complexity index is 538. The van der Waals surface area contributed by atoms with Gasteiger partial charge in [-0.2, -0.15) is 12.6 Å². The number of ether oxygens (including phenoxy) is 2. The van der Waals surface area contributed by atoms with Crippen molar-refractivity contribution in [2.45, 2.75) is 25.6 Å². The molecule has 126 valence electrons. The molecule has 0 radical (unpaired) electrons. The first-order valence-electron chi connectivity index (χ1n) is 6.94. The molecule has 1 aromatic carbocycles. The summed E-state index contributed by atoms with van der Waals surface area (Å²) in [5.41, 5.74) is 0.828. The Labute approximate surface area is 140 Å². The van der Waals surface area contributed by atoms with E-state index >= 15 is 0 Å². The van der Waals surface area contributed by atoms with Crippen LogP contribution in [0.5, 0.6) is 0 Å². The Kier molecular flexibility index (Phi) is 7.96. The maximum atomic E-state index is 12.0. The molecule has 1 rings (SSSR count). The van der Waals surface area contributed by atoms with Gasteiger partial charge in [0.25, 0.3) is 0 Å². The summed E-state index contributed by atoms with van der Waals surface area (Å²) >= 11 is 4.02. The Balaban J connectivity index is 2.46. The van der Waals surface area contributed by atoms with Crippen molar-refractivity contribution in [3.05, 3.63) is 35.9 Å². The number of nitrogens with one attached hydrogen (secondary N) is 2. The van der Waals surface area contributed by atoms with Crippen LogP contribution in [0.4, 0.5) is 4.79 Å². The number of amides is 2. The second-order valence-electron chi connectivity index (χ2n) is 4.69. The largest absolute Gasteiger partial charge is 0.467 e. The van der Waals surface area contributed by atoms with Gasteiger partial charge in [-0.15, -0.1) is 0 Å². The summed E-state index contributed by atoms with van der Waals surface area (Å²) in [6, 6.07) is 7.39. The lowest BCUT2D eigenvalue weighted by atomic mass is 10.2. The van der Waals surface area contributed by atoms with E-state index in [1.807, 2.05) is 30.3 Å². The highest BCUT2D eigenvalue weighted by Gasteiger charge is 2.24. The van der Waals surface area contributed by atoms with Gasteiger partial charge in [0.15, 0.2) is 0 Å². The standard InChI is InChI=1S/C15H20N2O5S/c1-10(14(19)21-2)16-13(18)12(9-23)17-15(20)22-8-11-6-4-3-5-7-11/h3-7,10,12,23H,8-9H2,1-2H3,(H,16,18)(H,17,20)/t10-,12-/m0/s1. The molecule has 0 aliphatic carbocycles. The first kappa shape index (κ1) is 18.8. The van der Waals surface area contributed by atoms with Crippen molar-refractivity contribution in [1.82, 2.24) is 10.6 Å². The molecule has 7 nitrogen and oxygen atoms in total. The van der Waals surface area contributed by atoms with Crippen LogP contribution in [-0.4, -0.2) is 42.9 Å². The van der Waals surface area contributed by atoms with Gasteiger partial charge in [0.05, 0.1) is 7.11 Å². The van der Waals surface area contributed by atoms with Crippen LogP contribution in [0.25, 0.3) is 0 Å². The van der Waals surface area contributed by atoms with Crippen molar-refractivity contribution in [3.63, 3.8) is 0 Å². The van der Waals surface area contributed by atoms with Crippen LogP contribution >= 0.6 is 12.6 Å². The number of methoxy groups -OCH3 is 1. The van der Waals surface area contributed by atoms with Crippen molar-refractivity contribution < 1.29 is 23.9 Å². The summed E-state index contributed by atoms with van der Waals surface area (Å²) in [5.74, 6) is -1.07. The highest BCUT2D eigenvalue weighted by molar-refractivity contribution is 7.80. The minimum atomic E-state index is -0.922. The molecule has 0 unspecified atom stereocenters. The molecule has 2 amide bonds. The normalized spacial score (nSPS) is 12.7. The van der Waals surface area contributed by atoms with Crippen LogP contribution in [0.3, 0.4) is 0 Å². The number of esters is 1. The number of hydrogen-bond donors (Lipinski definition) is 3. The lowest BCUT2D eigenvalue weighted by molar-refractivity contribution is -0.144. The monoisotopic (exact) mass is 340 g/mol. The summed E-state index contributed by atoms with van der Waals surface area (Å²) < 4.78 is 9.54. The van der Waals surface area contributed by atoms with E-state index in [9.17, 15) is 14.4 Å². The first-order chi connectivity index (χ1) is 11.0. The van der Waals surface area contributed by atoms with Crippen molar-refractivity contribution >= 4 is 30.6 Å². The zero-order valence-electron chi connectivity index (χ0n) is 12.9. The van der Waals surface area contributed by atoms with Crippen LogP contribution in [-0.2, 0) is 25.7 Å². The molecule has 0 aliphatic heterocycles. The number of carbonyl (C=O) groups is 3. The van der Waals surface area contributed by atoms with E-state index in [1.165, 1.54) is 14.0 Å². The molecule has 0 aromatic heterocycles. The molecule has 0 spiro atoms. The third-order valence-electron chi connectivity index (χ3n) is 2.92. The predicted molar refractivity (Wildman–Crippen MR) is 87.0 cm³/mol. The maximum absolute atomic E-state index is 12.0. The van der Waals surface area contributed by atoms with Gasteiger partial charge in [-0.3, -0.25) is 4.79 Å². The Morgan fingerprint density at radius 3 is 2.39 bits per heavy atom. The molecule has 0 bridgehead atoms. The molecule has 0 saturated carbocycles. The molecule has 2 atom stereocenters. The summed E-state index contributed by atoms with van der Waals surface area (Å²) in [7, 11) is 1.22. The van der Waals surface area contributed by atoms with Gasteiger partial charge < -0.3 is 20.1 Å². The smallest absolute Gasteiger partial charge is 0.408 e. The minimum absolute atomic E-state index is 0.0557. The van der Waals surface area contributed by atoms with Gasteiger partial charge in [-0.05, 0) is 12.5 Å². The van der Waals surface area contributed by atoms with E-state index in [0.29, 0.717) is 0 Å². The molecular weight excluding hydrogens is 320 g/mol. The molecule has 0 saturated heterocycles. The van der Waals surface area contributed by atoms with Crippen LogP contribution in [0.1, 0.15) is 12.5 Å². The number of benzene rings is 1. The highest BCUT2D eigenvalue weighted by atomic mass is 32.1. The predicted octanol–water partition coefficient (Wildman–Crippen LogP) is 0.889. The quantitative estimate of drug-likeness (QED) is 0.506. The molecule has 0 fully saturated rings. The van der Waals surface area contributed by atoms with E-state index in [4.69, 9.17) is 4.74 Å². The summed E-state index contributed by atoms with van der Waals surface area (Å²) in [5, 5.41) is 4.83. The minimum Gasteiger partial charge on any atom is -0.467 e. The third-order valence-corrected chi connectivity index (χ3v) is 3.28. The molecule has 2 N–H and O–H groups in total. The average molecular weight is 340 g/mol. The van der Waals surface area contributed by atoms with Gasteiger partial charge >= 0.3 is 12.1 Å². The summed E-state index contributed by atoms with van der Waals surface area (Å²) in [4.78, 5) is 35.0. The van der Waals surface area contributed by atoms with E-state index in [-0.39, 0.29) is 12.4 Å². The van der Waals surface area contributed by atoms with Crippen LogP contribution in [0, 0.1) is 0 Å². The number of rotatable bonds is 7. The van der Waals surface area contributed by atoms with Crippen LogP contribution in [0.2, 0.25) is 0 Å². The van der Waals surface area contributed by atoms with E-state index in [0.717, 1.165) is 5.56 Å². The SMILES string of the molecule is COC(=O)[C@H](C)NC(=O)[C@H](CS)NC(=O)OCc1ccccc1. The fourth-order valence-electron chi connectivity index (χ4n) is 1.65.